The maximum Gasteiger partial charge on any atom is 0.0637 e. The van der Waals surface area contributed by atoms with E-state index in [1.807, 2.05) is 24.3 Å². The standard InChI is InChI=1S/C12H17ClN2/c13-9-5-1-3-7-11(9)15-12-8-4-2-6-10(12)14/h1,3,5,7,10,12,15H,2,4,6,8,14H2/t10-,12+/m1/s1. The summed E-state index contributed by atoms with van der Waals surface area (Å²) >= 11 is 6.09. The Morgan fingerprint density at radius 2 is 1.93 bits per heavy atom. The zero-order valence-corrected chi connectivity index (χ0v) is 9.50. The highest BCUT2D eigenvalue weighted by molar-refractivity contribution is 6.33. The lowest BCUT2D eigenvalue weighted by molar-refractivity contribution is 0.404. The van der Waals surface area contributed by atoms with Crippen LogP contribution in [0.1, 0.15) is 25.7 Å². The van der Waals surface area contributed by atoms with Crippen LogP contribution >= 0.6 is 11.6 Å². The molecule has 0 bridgehead atoms. The lowest BCUT2D eigenvalue weighted by Gasteiger charge is -2.30. The van der Waals surface area contributed by atoms with Crippen molar-refractivity contribution in [2.75, 3.05) is 5.32 Å². The summed E-state index contributed by atoms with van der Waals surface area (Å²) in [5.74, 6) is 0. The lowest BCUT2D eigenvalue weighted by atomic mass is 9.91. The Morgan fingerprint density at radius 1 is 1.20 bits per heavy atom. The molecular formula is C12H17ClN2. The molecule has 15 heavy (non-hydrogen) atoms. The lowest BCUT2D eigenvalue weighted by Crippen LogP contribution is -2.42. The minimum atomic E-state index is 0.259. The van der Waals surface area contributed by atoms with Gasteiger partial charge in [0.15, 0.2) is 0 Å². The van der Waals surface area contributed by atoms with Gasteiger partial charge in [-0.05, 0) is 25.0 Å². The molecule has 1 aromatic carbocycles. The van der Waals surface area contributed by atoms with Crippen LogP contribution in [0.3, 0.4) is 0 Å². The second-order valence-electron chi connectivity index (χ2n) is 4.18. The number of hydrogen-bond donors (Lipinski definition) is 2. The molecule has 3 N–H and O–H groups in total. The van der Waals surface area contributed by atoms with Gasteiger partial charge in [0.1, 0.15) is 0 Å². The smallest absolute Gasteiger partial charge is 0.0637 e. The molecule has 0 amide bonds. The molecular weight excluding hydrogens is 208 g/mol. The number of halogens is 1. The molecule has 2 rings (SSSR count). The Balaban J connectivity index is 2.04. The maximum atomic E-state index is 6.09. The largest absolute Gasteiger partial charge is 0.380 e. The van der Waals surface area contributed by atoms with Gasteiger partial charge >= 0.3 is 0 Å². The Morgan fingerprint density at radius 3 is 2.67 bits per heavy atom. The quantitative estimate of drug-likeness (QED) is 0.811. The first-order valence-electron chi connectivity index (χ1n) is 5.54. The van der Waals surface area contributed by atoms with Crippen molar-refractivity contribution in [1.29, 1.82) is 0 Å². The van der Waals surface area contributed by atoms with Crippen LogP contribution in [0.15, 0.2) is 24.3 Å². The minimum Gasteiger partial charge on any atom is -0.380 e. The summed E-state index contributed by atoms with van der Waals surface area (Å²) in [6.07, 6.45) is 4.77. The van der Waals surface area contributed by atoms with Crippen molar-refractivity contribution in [1.82, 2.24) is 0 Å². The van der Waals surface area contributed by atoms with E-state index in [2.05, 4.69) is 5.32 Å². The molecule has 2 nitrogen and oxygen atoms in total. The third-order valence-electron chi connectivity index (χ3n) is 3.03. The predicted octanol–water partition coefficient (Wildman–Crippen LogP) is 3.02. The van der Waals surface area contributed by atoms with Crippen LogP contribution in [0.4, 0.5) is 5.69 Å². The number of rotatable bonds is 2. The molecule has 1 aliphatic rings. The van der Waals surface area contributed by atoms with Gasteiger partial charge in [0, 0.05) is 12.1 Å². The minimum absolute atomic E-state index is 0.259. The van der Waals surface area contributed by atoms with E-state index in [1.54, 1.807) is 0 Å². The topological polar surface area (TPSA) is 38.0 Å². The first kappa shape index (κ1) is 10.8. The number of nitrogens with one attached hydrogen (secondary N) is 1. The summed E-state index contributed by atoms with van der Waals surface area (Å²) in [5, 5.41) is 4.22. The van der Waals surface area contributed by atoms with Crippen molar-refractivity contribution in [3.63, 3.8) is 0 Å². The number of anilines is 1. The normalized spacial score (nSPS) is 26.3. The Bertz CT molecular complexity index is 327. The van der Waals surface area contributed by atoms with Crippen LogP contribution in [0.2, 0.25) is 5.02 Å². The van der Waals surface area contributed by atoms with E-state index in [4.69, 9.17) is 17.3 Å². The molecule has 2 atom stereocenters. The maximum absolute atomic E-state index is 6.09. The average Bonchev–Trinajstić information content (AvgIpc) is 2.24. The van der Waals surface area contributed by atoms with Gasteiger partial charge in [-0.1, -0.05) is 36.6 Å². The van der Waals surface area contributed by atoms with E-state index in [-0.39, 0.29) is 6.04 Å². The zero-order valence-electron chi connectivity index (χ0n) is 8.75. The summed E-state index contributed by atoms with van der Waals surface area (Å²) < 4.78 is 0. The molecule has 0 radical (unpaired) electrons. The van der Waals surface area contributed by atoms with Gasteiger partial charge in [0.05, 0.1) is 10.7 Å². The third-order valence-corrected chi connectivity index (χ3v) is 3.36. The van der Waals surface area contributed by atoms with Gasteiger partial charge in [-0.3, -0.25) is 0 Å². The molecule has 3 heteroatoms. The van der Waals surface area contributed by atoms with Crippen LogP contribution in [-0.4, -0.2) is 12.1 Å². The second kappa shape index (κ2) is 4.86. The summed E-state index contributed by atoms with van der Waals surface area (Å²) in [7, 11) is 0. The van der Waals surface area contributed by atoms with Gasteiger partial charge in [-0.25, -0.2) is 0 Å². The monoisotopic (exact) mass is 224 g/mol. The van der Waals surface area contributed by atoms with Crippen LogP contribution in [0.25, 0.3) is 0 Å². The summed E-state index contributed by atoms with van der Waals surface area (Å²) in [6.45, 7) is 0. The van der Waals surface area contributed by atoms with Crippen molar-refractivity contribution in [2.24, 2.45) is 5.73 Å². The van der Waals surface area contributed by atoms with Gasteiger partial charge < -0.3 is 11.1 Å². The fourth-order valence-electron chi connectivity index (χ4n) is 2.12. The summed E-state index contributed by atoms with van der Waals surface area (Å²) in [5.41, 5.74) is 7.07. The van der Waals surface area contributed by atoms with Gasteiger partial charge in [0.25, 0.3) is 0 Å². The Labute approximate surface area is 95.8 Å². The molecule has 0 aromatic heterocycles. The van der Waals surface area contributed by atoms with E-state index >= 15 is 0 Å². The molecule has 0 unspecified atom stereocenters. The predicted molar refractivity (Wildman–Crippen MR) is 65.3 cm³/mol. The van der Waals surface area contributed by atoms with Gasteiger partial charge in [-0.15, -0.1) is 0 Å². The molecule has 0 saturated heterocycles. The van der Waals surface area contributed by atoms with Crippen molar-refractivity contribution < 1.29 is 0 Å². The van der Waals surface area contributed by atoms with E-state index < -0.39 is 0 Å². The van der Waals surface area contributed by atoms with Crippen molar-refractivity contribution in [2.45, 2.75) is 37.8 Å². The van der Waals surface area contributed by atoms with Gasteiger partial charge in [-0.2, -0.15) is 0 Å². The van der Waals surface area contributed by atoms with E-state index in [0.717, 1.165) is 23.6 Å². The highest BCUT2D eigenvalue weighted by Gasteiger charge is 2.21. The SMILES string of the molecule is N[C@@H]1CCCC[C@@H]1Nc1ccccc1Cl. The summed E-state index contributed by atoms with van der Waals surface area (Å²) in [6, 6.07) is 8.47. The van der Waals surface area contributed by atoms with Crippen LogP contribution < -0.4 is 11.1 Å². The van der Waals surface area contributed by atoms with E-state index in [0.29, 0.717) is 6.04 Å². The highest BCUT2D eigenvalue weighted by Crippen LogP contribution is 2.25. The molecule has 0 aliphatic heterocycles. The number of hydrogen-bond acceptors (Lipinski definition) is 2. The Hall–Kier alpha value is -0.730. The number of para-hydroxylation sites is 1. The fourth-order valence-corrected chi connectivity index (χ4v) is 2.31. The molecule has 82 valence electrons. The third kappa shape index (κ3) is 2.64. The molecule has 1 aromatic rings. The first-order chi connectivity index (χ1) is 7.27. The van der Waals surface area contributed by atoms with Crippen LogP contribution in [0.5, 0.6) is 0 Å². The fraction of sp³-hybridized carbons (Fsp3) is 0.500. The first-order valence-corrected chi connectivity index (χ1v) is 5.92. The Kier molecular flexibility index (Phi) is 3.49. The van der Waals surface area contributed by atoms with E-state index in [1.165, 1.54) is 12.8 Å². The zero-order chi connectivity index (χ0) is 10.7. The van der Waals surface area contributed by atoms with Crippen molar-refractivity contribution >= 4 is 17.3 Å². The van der Waals surface area contributed by atoms with Crippen molar-refractivity contribution in [3.05, 3.63) is 29.3 Å². The van der Waals surface area contributed by atoms with Crippen LogP contribution in [-0.2, 0) is 0 Å². The average molecular weight is 225 g/mol. The molecule has 1 aliphatic carbocycles. The highest BCUT2D eigenvalue weighted by atomic mass is 35.5. The molecule has 1 fully saturated rings. The van der Waals surface area contributed by atoms with Crippen LogP contribution in [0, 0.1) is 0 Å². The molecule has 1 saturated carbocycles. The second-order valence-corrected chi connectivity index (χ2v) is 4.59. The molecule has 0 spiro atoms. The number of nitrogens with two attached hydrogens (primary N) is 1. The molecule has 0 heterocycles. The van der Waals surface area contributed by atoms with E-state index in [9.17, 15) is 0 Å². The van der Waals surface area contributed by atoms with Gasteiger partial charge in [0.2, 0.25) is 0 Å². The van der Waals surface area contributed by atoms with Crippen molar-refractivity contribution in [3.8, 4) is 0 Å². The number of benzene rings is 1. The summed E-state index contributed by atoms with van der Waals surface area (Å²) in [4.78, 5) is 0.